The Morgan fingerprint density at radius 2 is 1.91 bits per heavy atom. The quantitative estimate of drug-likeness (QED) is 0.486. The highest BCUT2D eigenvalue weighted by Gasteiger charge is 2.49. The fourth-order valence-corrected chi connectivity index (χ4v) is 4.52. The standard InChI is InChI=1S/C16H17N7O2S.C2H6O3S/c1-2-26(24,25)22-9-16(10-22,4-5-17)23-8-12(7-21-23)14-13-3-6-18-15(13)20-11-19-14;1-2-6(3,4)5/h3,6-8,11H,2,4,9-10H2,1H3,(H,18,19,20);2H2,1H3,(H,3,4,5). The van der Waals surface area contributed by atoms with Crippen molar-refractivity contribution in [3.05, 3.63) is 31.0 Å². The summed E-state index contributed by atoms with van der Waals surface area (Å²) in [5.74, 6) is -0.153. The van der Waals surface area contributed by atoms with Crippen molar-refractivity contribution in [3.63, 3.8) is 0 Å². The zero-order chi connectivity index (χ0) is 23.6. The molecule has 0 bridgehead atoms. The number of hydrogen-bond donors (Lipinski definition) is 2. The molecule has 4 rings (SSSR count). The van der Waals surface area contributed by atoms with Crippen LogP contribution < -0.4 is 0 Å². The Labute approximate surface area is 185 Å². The van der Waals surface area contributed by atoms with Gasteiger partial charge in [0.25, 0.3) is 10.1 Å². The second-order valence-corrected chi connectivity index (χ2v) is 11.2. The van der Waals surface area contributed by atoms with Crippen molar-refractivity contribution in [1.29, 1.82) is 5.26 Å². The highest BCUT2D eigenvalue weighted by Crippen LogP contribution is 2.35. The van der Waals surface area contributed by atoms with Crippen molar-refractivity contribution < 1.29 is 21.4 Å². The zero-order valence-electron chi connectivity index (χ0n) is 17.5. The number of hydrogen-bond acceptors (Lipinski definition) is 8. The fraction of sp³-hybridized carbons (Fsp3) is 0.444. The van der Waals surface area contributed by atoms with Gasteiger partial charge < -0.3 is 4.98 Å². The first-order chi connectivity index (χ1) is 15.0. The summed E-state index contributed by atoms with van der Waals surface area (Å²) in [4.78, 5) is 11.6. The van der Waals surface area contributed by atoms with Gasteiger partial charge in [-0.25, -0.2) is 18.4 Å². The van der Waals surface area contributed by atoms with Crippen LogP contribution in [0.4, 0.5) is 0 Å². The maximum absolute atomic E-state index is 12.0. The molecule has 0 aliphatic carbocycles. The van der Waals surface area contributed by atoms with E-state index in [1.165, 1.54) is 17.6 Å². The van der Waals surface area contributed by atoms with Crippen molar-refractivity contribution in [3.8, 4) is 17.3 Å². The van der Waals surface area contributed by atoms with Gasteiger partial charge in [-0.15, -0.1) is 0 Å². The lowest BCUT2D eigenvalue weighted by atomic mass is 9.89. The van der Waals surface area contributed by atoms with E-state index in [0.717, 1.165) is 22.3 Å². The Hall–Kier alpha value is -2.86. The van der Waals surface area contributed by atoms with Gasteiger partial charge in [0.15, 0.2) is 0 Å². The third-order valence-corrected chi connectivity index (χ3v) is 7.67. The molecule has 3 aromatic rings. The van der Waals surface area contributed by atoms with Gasteiger partial charge in [-0.2, -0.15) is 23.1 Å². The summed E-state index contributed by atoms with van der Waals surface area (Å²) >= 11 is 0. The summed E-state index contributed by atoms with van der Waals surface area (Å²) in [6.45, 7) is 3.49. The van der Waals surface area contributed by atoms with E-state index >= 15 is 0 Å². The van der Waals surface area contributed by atoms with E-state index in [-0.39, 0.29) is 31.0 Å². The molecular weight excluding hydrogens is 458 g/mol. The Balaban J connectivity index is 0.000000427. The van der Waals surface area contributed by atoms with E-state index in [1.54, 1.807) is 24.0 Å². The number of nitriles is 1. The molecular formula is C18H23N7O5S2. The Bertz CT molecular complexity index is 1350. The molecule has 172 valence electrons. The third kappa shape index (κ3) is 4.80. The van der Waals surface area contributed by atoms with Gasteiger partial charge in [0, 0.05) is 36.4 Å². The summed E-state index contributed by atoms with van der Waals surface area (Å²) in [5.41, 5.74) is 1.64. The lowest BCUT2D eigenvalue weighted by Gasteiger charge is -2.47. The molecule has 0 spiro atoms. The number of nitrogens with zero attached hydrogens (tertiary/aromatic N) is 6. The van der Waals surface area contributed by atoms with E-state index in [0.29, 0.717) is 0 Å². The summed E-state index contributed by atoms with van der Waals surface area (Å²) in [6.07, 6.45) is 6.97. The van der Waals surface area contributed by atoms with Gasteiger partial charge in [0.05, 0.1) is 35.9 Å². The van der Waals surface area contributed by atoms with Crippen LogP contribution in [-0.2, 0) is 25.7 Å². The number of fused-ring (bicyclic) bond motifs is 1. The largest absolute Gasteiger partial charge is 0.346 e. The maximum atomic E-state index is 12.0. The lowest BCUT2D eigenvalue weighted by Crippen LogP contribution is -2.64. The molecule has 0 aromatic carbocycles. The number of rotatable bonds is 6. The molecule has 1 aliphatic heterocycles. The van der Waals surface area contributed by atoms with Crippen molar-refractivity contribution >= 4 is 31.2 Å². The first-order valence-electron chi connectivity index (χ1n) is 9.69. The smallest absolute Gasteiger partial charge is 0.264 e. The maximum Gasteiger partial charge on any atom is 0.264 e. The monoisotopic (exact) mass is 481 g/mol. The van der Waals surface area contributed by atoms with E-state index in [2.05, 4.69) is 26.1 Å². The number of aromatic nitrogens is 5. The third-order valence-electron chi connectivity index (χ3n) is 5.17. The average molecular weight is 482 g/mol. The van der Waals surface area contributed by atoms with E-state index in [9.17, 15) is 22.1 Å². The molecule has 0 saturated carbocycles. The molecule has 4 heterocycles. The van der Waals surface area contributed by atoms with Crippen LogP contribution in [0, 0.1) is 11.3 Å². The van der Waals surface area contributed by atoms with Crippen LogP contribution >= 0.6 is 0 Å². The molecule has 12 nitrogen and oxygen atoms in total. The summed E-state index contributed by atoms with van der Waals surface area (Å²) in [5, 5.41) is 14.5. The van der Waals surface area contributed by atoms with Crippen LogP contribution in [0.1, 0.15) is 20.3 Å². The average Bonchev–Trinajstić information content (AvgIpc) is 3.39. The minimum Gasteiger partial charge on any atom is -0.346 e. The van der Waals surface area contributed by atoms with Crippen LogP contribution in [0.5, 0.6) is 0 Å². The summed E-state index contributed by atoms with van der Waals surface area (Å²) < 4.78 is 54.1. The molecule has 0 radical (unpaired) electrons. The minimum absolute atomic E-state index is 0.0480. The van der Waals surface area contributed by atoms with Crippen LogP contribution in [0.3, 0.4) is 0 Å². The molecule has 0 atom stereocenters. The number of nitrogens with one attached hydrogen (secondary N) is 1. The number of sulfonamides is 1. The van der Waals surface area contributed by atoms with Gasteiger partial charge >= 0.3 is 0 Å². The zero-order valence-corrected chi connectivity index (χ0v) is 19.1. The van der Waals surface area contributed by atoms with Gasteiger partial charge in [-0.1, -0.05) is 0 Å². The van der Waals surface area contributed by atoms with Crippen molar-refractivity contribution in [2.75, 3.05) is 24.6 Å². The van der Waals surface area contributed by atoms with E-state index in [1.807, 2.05) is 12.3 Å². The van der Waals surface area contributed by atoms with Crippen LogP contribution in [-0.4, -0.2) is 75.0 Å². The Morgan fingerprint density at radius 3 is 2.50 bits per heavy atom. The highest BCUT2D eigenvalue weighted by molar-refractivity contribution is 7.89. The van der Waals surface area contributed by atoms with Crippen LogP contribution in [0.15, 0.2) is 31.0 Å². The van der Waals surface area contributed by atoms with Gasteiger partial charge in [-0.05, 0) is 19.9 Å². The Kier molecular flexibility index (Phi) is 6.65. The molecule has 1 fully saturated rings. The van der Waals surface area contributed by atoms with Gasteiger partial charge in [0.1, 0.15) is 17.5 Å². The van der Waals surface area contributed by atoms with Crippen LogP contribution in [0.2, 0.25) is 0 Å². The second-order valence-electron chi connectivity index (χ2n) is 7.23. The summed E-state index contributed by atoms with van der Waals surface area (Å²) in [7, 11) is -6.93. The van der Waals surface area contributed by atoms with Crippen molar-refractivity contribution in [2.45, 2.75) is 25.8 Å². The number of aromatic amines is 1. The second kappa shape index (κ2) is 8.94. The SMILES string of the molecule is CCS(=O)(=O)N1CC(CC#N)(n2cc(-c3ncnc4[nH]ccc34)cn2)C1.CCS(=O)(=O)O. The van der Waals surface area contributed by atoms with E-state index < -0.39 is 25.7 Å². The Morgan fingerprint density at radius 1 is 1.22 bits per heavy atom. The first-order valence-corrected chi connectivity index (χ1v) is 12.9. The van der Waals surface area contributed by atoms with Crippen LogP contribution in [0.25, 0.3) is 22.3 Å². The predicted octanol–water partition coefficient (Wildman–Crippen LogP) is 0.990. The predicted molar refractivity (Wildman–Crippen MR) is 116 cm³/mol. The lowest BCUT2D eigenvalue weighted by molar-refractivity contribution is 0.0719. The molecule has 0 unspecified atom stereocenters. The molecule has 1 saturated heterocycles. The van der Waals surface area contributed by atoms with Crippen molar-refractivity contribution in [1.82, 2.24) is 29.0 Å². The highest BCUT2D eigenvalue weighted by atomic mass is 32.2. The van der Waals surface area contributed by atoms with Gasteiger partial charge in [-0.3, -0.25) is 9.23 Å². The molecule has 0 amide bonds. The number of H-pyrrole nitrogens is 1. The molecule has 32 heavy (non-hydrogen) atoms. The normalized spacial score (nSPS) is 16.1. The topological polar surface area (TPSA) is 175 Å². The van der Waals surface area contributed by atoms with Crippen molar-refractivity contribution in [2.24, 2.45) is 0 Å². The molecule has 14 heteroatoms. The summed E-state index contributed by atoms with van der Waals surface area (Å²) in [6, 6.07) is 4.06. The van der Waals surface area contributed by atoms with E-state index in [4.69, 9.17) is 4.55 Å². The first kappa shape index (κ1) is 23.8. The molecule has 2 N–H and O–H groups in total. The molecule has 3 aromatic heterocycles. The minimum atomic E-state index is -3.66. The molecule has 1 aliphatic rings. The van der Waals surface area contributed by atoms with Gasteiger partial charge in [0.2, 0.25) is 10.0 Å². The fourth-order valence-electron chi connectivity index (χ4n) is 3.28.